The Morgan fingerprint density at radius 3 is 2.88 bits per heavy atom. The first-order valence-electron chi connectivity index (χ1n) is 4.78. The molecule has 1 aromatic heterocycles. The third-order valence-electron chi connectivity index (χ3n) is 2.44. The minimum absolute atomic E-state index is 0.117. The van der Waals surface area contributed by atoms with Crippen molar-refractivity contribution in [3.05, 3.63) is 27.5 Å². The minimum atomic E-state index is -0.635. The average Bonchev–Trinajstić information content (AvgIpc) is 2.56. The topological polar surface area (TPSA) is 76.3 Å². The van der Waals surface area contributed by atoms with Crippen LogP contribution in [0.3, 0.4) is 0 Å². The molecule has 1 saturated heterocycles. The molecule has 0 spiro atoms. The molecule has 2 rings (SSSR count). The second kappa shape index (κ2) is 4.50. The van der Waals surface area contributed by atoms with Crippen LogP contribution in [0.5, 0.6) is 0 Å². The molecule has 90 valence electrons. The van der Waals surface area contributed by atoms with Crippen molar-refractivity contribution in [2.24, 2.45) is 0 Å². The molecule has 0 saturated carbocycles. The Labute approximate surface area is 107 Å². The third kappa shape index (κ3) is 2.20. The number of thiol groups is 1. The van der Waals surface area contributed by atoms with E-state index in [2.05, 4.69) is 17.6 Å². The number of aromatic nitrogens is 1. The molecule has 6 nitrogen and oxygen atoms in total. The van der Waals surface area contributed by atoms with Crippen molar-refractivity contribution in [3.8, 4) is 0 Å². The zero-order valence-electron chi connectivity index (χ0n) is 8.54. The van der Waals surface area contributed by atoms with E-state index in [1.54, 1.807) is 0 Å². The van der Waals surface area contributed by atoms with Gasteiger partial charge in [0.25, 0.3) is 0 Å². The lowest BCUT2D eigenvalue weighted by Gasteiger charge is -2.15. The van der Waals surface area contributed by atoms with Crippen molar-refractivity contribution in [1.82, 2.24) is 4.98 Å². The molecule has 0 bridgehead atoms. The van der Waals surface area contributed by atoms with Gasteiger partial charge in [-0.05, 0) is 6.07 Å². The van der Waals surface area contributed by atoms with Crippen molar-refractivity contribution < 1.29 is 9.72 Å². The van der Waals surface area contributed by atoms with Crippen LogP contribution in [-0.2, 0) is 4.79 Å². The van der Waals surface area contributed by atoms with E-state index < -0.39 is 4.92 Å². The second-order valence-electron chi connectivity index (χ2n) is 3.59. The fourth-order valence-corrected chi connectivity index (χ4v) is 2.27. The second-order valence-corrected chi connectivity index (χ2v) is 4.68. The molecule has 2 heterocycles. The summed E-state index contributed by atoms with van der Waals surface area (Å²) in [4.78, 5) is 26.9. The molecule has 0 aliphatic carbocycles. The van der Waals surface area contributed by atoms with Gasteiger partial charge in [0.2, 0.25) is 11.1 Å². The van der Waals surface area contributed by atoms with Crippen LogP contribution < -0.4 is 4.90 Å². The van der Waals surface area contributed by atoms with Crippen molar-refractivity contribution in [2.75, 3.05) is 11.4 Å². The normalized spacial score (nSPS) is 19.8. The monoisotopic (exact) mass is 273 g/mol. The van der Waals surface area contributed by atoms with Gasteiger partial charge in [-0.1, -0.05) is 11.6 Å². The van der Waals surface area contributed by atoms with E-state index in [0.717, 1.165) is 0 Å². The lowest BCUT2D eigenvalue weighted by molar-refractivity contribution is -0.384. The first-order chi connectivity index (χ1) is 8.00. The maximum absolute atomic E-state index is 11.7. The van der Waals surface area contributed by atoms with Crippen LogP contribution in [0.1, 0.15) is 6.42 Å². The number of hydrogen-bond acceptors (Lipinski definition) is 5. The molecule has 1 amide bonds. The van der Waals surface area contributed by atoms with Gasteiger partial charge in [-0.15, -0.1) is 0 Å². The van der Waals surface area contributed by atoms with E-state index >= 15 is 0 Å². The van der Waals surface area contributed by atoms with Crippen molar-refractivity contribution in [1.29, 1.82) is 0 Å². The Morgan fingerprint density at radius 2 is 2.35 bits per heavy atom. The van der Waals surface area contributed by atoms with Gasteiger partial charge in [0, 0.05) is 24.4 Å². The smallest absolute Gasteiger partial charge is 0.305 e. The van der Waals surface area contributed by atoms with Crippen LogP contribution in [0.2, 0.25) is 5.15 Å². The van der Waals surface area contributed by atoms with Crippen LogP contribution in [0, 0.1) is 10.1 Å². The molecule has 1 fully saturated rings. The fraction of sp³-hybridized carbons (Fsp3) is 0.333. The van der Waals surface area contributed by atoms with Crippen molar-refractivity contribution in [3.63, 3.8) is 0 Å². The lowest BCUT2D eigenvalue weighted by Crippen LogP contribution is -2.25. The van der Waals surface area contributed by atoms with Gasteiger partial charge in [-0.25, -0.2) is 4.98 Å². The summed E-state index contributed by atoms with van der Waals surface area (Å²) in [7, 11) is 0. The molecule has 0 radical (unpaired) electrons. The molecule has 1 aromatic rings. The van der Waals surface area contributed by atoms with Crippen LogP contribution in [0.15, 0.2) is 12.3 Å². The van der Waals surface area contributed by atoms with Gasteiger partial charge in [0.1, 0.15) is 5.69 Å². The number of amides is 1. The van der Waals surface area contributed by atoms with Gasteiger partial charge in [0.05, 0.1) is 4.92 Å². The number of anilines is 1. The van der Waals surface area contributed by atoms with Gasteiger partial charge >= 0.3 is 5.69 Å². The molecule has 17 heavy (non-hydrogen) atoms. The first kappa shape index (κ1) is 12.1. The summed E-state index contributed by atoms with van der Waals surface area (Å²) >= 11 is 9.87. The molecular formula is C9H8ClN3O3S. The van der Waals surface area contributed by atoms with E-state index in [1.807, 2.05) is 0 Å². The Hall–Kier alpha value is -1.34. The van der Waals surface area contributed by atoms with Crippen LogP contribution in [0.4, 0.5) is 11.4 Å². The van der Waals surface area contributed by atoms with Gasteiger partial charge in [-0.3, -0.25) is 14.9 Å². The number of rotatable bonds is 2. The van der Waals surface area contributed by atoms with Gasteiger partial charge in [0.15, 0.2) is 0 Å². The molecule has 0 N–H and O–H groups in total. The molecule has 1 aliphatic rings. The largest absolute Gasteiger partial charge is 0.329 e. The van der Waals surface area contributed by atoms with E-state index in [1.165, 1.54) is 17.2 Å². The molecule has 1 unspecified atom stereocenters. The zero-order valence-corrected chi connectivity index (χ0v) is 10.2. The number of nitrogens with zero attached hydrogens (tertiary/aromatic N) is 3. The maximum Gasteiger partial charge on any atom is 0.329 e. The molecular weight excluding hydrogens is 266 g/mol. The summed E-state index contributed by atoms with van der Waals surface area (Å²) < 4.78 is 0. The standard InChI is InChI=1S/C9H8ClN3O3S/c10-9-8(13(15)16)6(1-2-11-9)12-4-5(17)3-7(12)14/h1-2,5,17H,3-4H2. The predicted octanol–water partition coefficient (Wildman–Crippen LogP) is 1.68. The number of carbonyl (C=O) groups excluding carboxylic acids is 1. The molecule has 1 atom stereocenters. The summed E-state index contributed by atoms with van der Waals surface area (Å²) in [6.07, 6.45) is 1.60. The van der Waals surface area contributed by atoms with Gasteiger partial charge in [-0.2, -0.15) is 12.6 Å². The highest BCUT2D eigenvalue weighted by Crippen LogP contribution is 2.35. The van der Waals surface area contributed by atoms with Crippen LogP contribution in [-0.4, -0.2) is 27.6 Å². The van der Waals surface area contributed by atoms with Crippen molar-refractivity contribution >= 4 is 41.5 Å². The van der Waals surface area contributed by atoms with E-state index in [9.17, 15) is 14.9 Å². The minimum Gasteiger partial charge on any atom is -0.305 e. The zero-order chi connectivity index (χ0) is 12.6. The van der Waals surface area contributed by atoms with E-state index in [-0.39, 0.29) is 34.1 Å². The Balaban J connectivity index is 2.49. The number of halogens is 1. The third-order valence-corrected chi connectivity index (χ3v) is 3.06. The van der Waals surface area contributed by atoms with Crippen molar-refractivity contribution in [2.45, 2.75) is 11.7 Å². The summed E-state index contributed by atoms with van der Waals surface area (Å²) in [6, 6.07) is 1.41. The lowest BCUT2D eigenvalue weighted by atomic mass is 10.3. The first-order valence-corrected chi connectivity index (χ1v) is 5.67. The molecule has 8 heteroatoms. The summed E-state index contributed by atoms with van der Waals surface area (Å²) in [5, 5.41) is 10.6. The highest BCUT2D eigenvalue weighted by molar-refractivity contribution is 7.81. The Bertz CT molecular complexity index is 496. The van der Waals surface area contributed by atoms with E-state index in [4.69, 9.17) is 11.6 Å². The van der Waals surface area contributed by atoms with Crippen LogP contribution >= 0.6 is 24.2 Å². The Kier molecular flexibility index (Phi) is 3.21. The SMILES string of the molecule is O=C1CC(S)CN1c1ccnc(Cl)c1[N+](=O)[O-]. The van der Waals surface area contributed by atoms with Gasteiger partial charge < -0.3 is 4.90 Å². The highest BCUT2D eigenvalue weighted by atomic mass is 35.5. The predicted molar refractivity (Wildman–Crippen MR) is 65.6 cm³/mol. The number of carbonyl (C=O) groups is 1. The molecule has 1 aliphatic heterocycles. The average molecular weight is 274 g/mol. The molecule has 0 aromatic carbocycles. The summed E-state index contributed by atoms with van der Waals surface area (Å²) in [5.74, 6) is -0.199. The highest BCUT2D eigenvalue weighted by Gasteiger charge is 2.34. The van der Waals surface area contributed by atoms with Crippen LogP contribution in [0.25, 0.3) is 0 Å². The summed E-state index contributed by atoms with van der Waals surface area (Å²) in [5.41, 5.74) is -0.165. The summed E-state index contributed by atoms with van der Waals surface area (Å²) in [6.45, 7) is 0.336. The number of hydrogen-bond donors (Lipinski definition) is 1. The number of pyridine rings is 1. The fourth-order valence-electron chi connectivity index (χ4n) is 1.73. The maximum atomic E-state index is 11.7. The van der Waals surface area contributed by atoms with E-state index in [0.29, 0.717) is 6.54 Å². The Morgan fingerprint density at radius 1 is 1.65 bits per heavy atom. The number of nitro groups is 1. The quantitative estimate of drug-likeness (QED) is 0.385.